The standard InChI is InChI=1S/C15H16N4S/c1-9-8-13-14(18-11(3)19-15(13)20-9)17-10(2)12-4-6-16-7-5-12/h4-8,10H,1-3H3,(H,17,18,19)/t10-/m1/s1. The Morgan fingerprint density at radius 2 is 1.90 bits per heavy atom. The first-order valence-corrected chi connectivity index (χ1v) is 7.36. The van der Waals surface area contributed by atoms with Crippen molar-refractivity contribution in [3.8, 4) is 0 Å². The maximum absolute atomic E-state index is 4.55. The van der Waals surface area contributed by atoms with E-state index in [-0.39, 0.29) is 6.04 Å². The second kappa shape index (κ2) is 5.17. The molecule has 102 valence electrons. The second-order valence-corrected chi connectivity index (χ2v) is 6.08. The lowest BCUT2D eigenvalue weighted by atomic mass is 10.1. The Labute approximate surface area is 121 Å². The summed E-state index contributed by atoms with van der Waals surface area (Å²) in [5, 5.41) is 4.58. The van der Waals surface area contributed by atoms with Crippen LogP contribution in [0.1, 0.15) is 29.2 Å². The first-order chi connectivity index (χ1) is 9.63. The maximum atomic E-state index is 4.55. The van der Waals surface area contributed by atoms with Crippen molar-refractivity contribution in [3.63, 3.8) is 0 Å². The molecule has 4 nitrogen and oxygen atoms in total. The highest BCUT2D eigenvalue weighted by molar-refractivity contribution is 7.18. The first-order valence-electron chi connectivity index (χ1n) is 6.55. The maximum Gasteiger partial charge on any atom is 0.138 e. The average molecular weight is 284 g/mol. The Kier molecular flexibility index (Phi) is 3.36. The topological polar surface area (TPSA) is 50.7 Å². The third-order valence-electron chi connectivity index (χ3n) is 3.19. The Morgan fingerprint density at radius 1 is 1.15 bits per heavy atom. The predicted octanol–water partition coefficient (Wildman–Crippen LogP) is 3.88. The van der Waals surface area contributed by atoms with Gasteiger partial charge in [0.2, 0.25) is 0 Å². The van der Waals surface area contributed by atoms with Gasteiger partial charge in [0.05, 0.1) is 11.4 Å². The van der Waals surface area contributed by atoms with Gasteiger partial charge in [-0.1, -0.05) is 0 Å². The van der Waals surface area contributed by atoms with Crippen LogP contribution >= 0.6 is 11.3 Å². The lowest BCUT2D eigenvalue weighted by Crippen LogP contribution is -2.09. The largest absolute Gasteiger partial charge is 0.363 e. The summed E-state index contributed by atoms with van der Waals surface area (Å²) in [5.74, 6) is 1.70. The van der Waals surface area contributed by atoms with Crippen molar-refractivity contribution in [1.82, 2.24) is 15.0 Å². The molecule has 3 aromatic heterocycles. The van der Waals surface area contributed by atoms with Gasteiger partial charge in [-0.15, -0.1) is 11.3 Å². The molecule has 1 atom stereocenters. The van der Waals surface area contributed by atoms with E-state index in [0.29, 0.717) is 0 Å². The summed E-state index contributed by atoms with van der Waals surface area (Å²) >= 11 is 1.70. The number of rotatable bonds is 3. The van der Waals surface area contributed by atoms with Gasteiger partial charge in [-0.2, -0.15) is 0 Å². The Balaban J connectivity index is 1.98. The quantitative estimate of drug-likeness (QED) is 0.793. The predicted molar refractivity (Wildman–Crippen MR) is 83.2 cm³/mol. The highest BCUT2D eigenvalue weighted by Gasteiger charge is 2.12. The summed E-state index contributed by atoms with van der Waals surface area (Å²) in [5.41, 5.74) is 1.19. The van der Waals surface area contributed by atoms with Crippen molar-refractivity contribution < 1.29 is 0 Å². The van der Waals surface area contributed by atoms with Crippen LogP contribution in [0.5, 0.6) is 0 Å². The molecule has 0 aliphatic heterocycles. The molecule has 3 rings (SSSR count). The lowest BCUT2D eigenvalue weighted by Gasteiger charge is -2.15. The van der Waals surface area contributed by atoms with E-state index in [4.69, 9.17) is 0 Å². The van der Waals surface area contributed by atoms with E-state index in [9.17, 15) is 0 Å². The molecule has 1 N–H and O–H groups in total. The van der Waals surface area contributed by atoms with E-state index in [1.54, 1.807) is 11.3 Å². The fraction of sp³-hybridized carbons (Fsp3) is 0.267. The molecular weight excluding hydrogens is 268 g/mol. The van der Waals surface area contributed by atoms with Gasteiger partial charge < -0.3 is 5.32 Å². The zero-order valence-electron chi connectivity index (χ0n) is 11.7. The Bertz CT molecular complexity index is 736. The molecule has 5 heteroatoms. The average Bonchev–Trinajstić information content (AvgIpc) is 2.80. The molecule has 0 fully saturated rings. The fourth-order valence-electron chi connectivity index (χ4n) is 2.20. The summed E-state index contributed by atoms with van der Waals surface area (Å²) in [6, 6.07) is 6.35. The molecule has 0 aliphatic carbocycles. The summed E-state index contributed by atoms with van der Waals surface area (Å²) in [6.07, 6.45) is 3.62. The molecule has 0 aliphatic rings. The molecule has 20 heavy (non-hydrogen) atoms. The van der Waals surface area contributed by atoms with Crippen molar-refractivity contribution in [3.05, 3.63) is 46.9 Å². The number of hydrogen-bond acceptors (Lipinski definition) is 5. The van der Waals surface area contributed by atoms with Crippen molar-refractivity contribution in [2.75, 3.05) is 5.32 Å². The number of hydrogen-bond donors (Lipinski definition) is 1. The van der Waals surface area contributed by atoms with Gasteiger partial charge in [-0.25, -0.2) is 9.97 Å². The number of pyridine rings is 1. The van der Waals surface area contributed by atoms with E-state index >= 15 is 0 Å². The van der Waals surface area contributed by atoms with Crippen LogP contribution in [0.25, 0.3) is 10.2 Å². The molecule has 3 aromatic rings. The first kappa shape index (κ1) is 13.0. The zero-order valence-corrected chi connectivity index (χ0v) is 12.5. The van der Waals surface area contributed by atoms with Crippen molar-refractivity contribution >= 4 is 27.4 Å². The van der Waals surface area contributed by atoms with E-state index in [1.165, 1.54) is 10.4 Å². The van der Waals surface area contributed by atoms with Crippen LogP contribution in [0, 0.1) is 13.8 Å². The minimum Gasteiger partial charge on any atom is -0.363 e. The molecule has 0 amide bonds. The highest BCUT2D eigenvalue weighted by atomic mass is 32.1. The zero-order chi connectivity index (χ0) is 14.1. The summed E-state index contributed by atoms with van der Waals surface area (Å²) in [4.78, 5) is 15.4. The molecule has 0 aromatic carbocycles. The molecule has 0 saturated carbocycles. The van der Waals surface area contributed by atoms with Crippen LogP contribution in [0.3, 0.4) is 0 Å². The summed E-state index contributed by atoms with van der Waals surface area (Å²) in [6.45, 7) is 6.15. The lowest BCUT2D eigenvalue weighted by molar-refractivity contribution is 0.869. The SMILES string of the molecule is Cc1nc(N[C@H](C)c2ccncc2)c2cc(C)sc2n1. The number of anilines is 1. The van der Waals surface area contributed by atoms with Crippen LogP contribution in [0.4, 0.5) is 5.82 Å². The molecule has 0 saturated heterocycles. The number of fused-ring (bicyclic) bond motifs is 1. The van der Waals surface area contributed by atoms with Gasteiger partial charge in [0.15, 0.2) is 0 Å². The third-order valence-corrected chi connectivity index (χ3v) is 4.13. The van der Waals surface area contributed by atoms with E-state index in [0.717, 1.165) is 21.9 Å². The highest BCUT2D eigenvalue weighted by Crippen LogP contribution is 2.30. The van der Waals surface area contributed by atoms with Crippen LogP contribution in [0.2, 0.25) is 0 Å². The van der Waals surface area contributed by atoms with E-state index < -0.39 is 0 Å². The monoisotopic (exact) mass is 284 g/mol. The second-order valence-electron chi connectivity index (χ2n) is 4.84. The van der Waals surface area contributed by atoms with Gasteiger partial charge >= 0.3 is 0 Å². The van der Waals surface area contributed by atoms with Crippen molar-refractivity contribution in [2.24, 2.45) is 0 Å². The van der Waals surface area contributed by atoms with Crippen LogP contribution in [-0.2, 0) is 0 Å². The molecule has 0 radical (unpaired) electrons. The molecule has 0 unspecified atom stereocenters. The number of nitrogens with one attached hydrogen (secondary N) is 1. The van der Waals surface area contributed by atoms with Gasteiger partial charge in [0.1, 0.15) is 16.5 Å². The van der Waals surface area contributed by atoms with Crippen LogP contribution in [-0.4, -0.2) is 15.0 Å². The fourth-order valence-corrected chi connectivity index (χ4v) is 3.12. The molecule has 3 heterocycles. The minimum absolute atomic E-state index is 0.177. The number of aryl methyl sites for hydroxylation is 2. The van der Waals surface area contributed by atoms with Gasteiger partial charge in [-0.3, -0.25) is 4.98 Å². The number of aromatic nitrogens is 3. The smallest absolute Gasteiger partial charge is 0.138 e. The number of thiophene rings is 1. The van der Waals surface area contributed by atoms with Gasteiger partial charge in [0.25, 0.3) is 0 Å². The van der Waals surface area contributed by atoms with Crippen molar-refractivity contribution in [1.29, 1.82) is 0 Å². The molecular formula is C15H16N4S. The van der Waals surface area contributed by atoms with E-state index in [1.807, 2.05) is 31.5 Å². The van der Waals surface area contributed by atoms with Crippen LogP contribution < -0.4 is 5.32 Å². The van der Waals surface area contributed by atoms with Gasteiger partial charge in [-0.05, 0) is 44.5 Å². The molecule has 0 spiro atoms. The minimum atomic E-state index is 0.177. The Morgan fingerprint density at radius 3 is 2.65 bits per heavy atom. The molecule has 0 bridgehead atoms. The number of nitrogens with zero attached hydrogens (tertiary/aromatic N) is 3. The normalized spacial score (nSPS) is 12.6. The summed E-state index contributed by atoms with van der Waals surface area (Å²) < 4.78 is 0. The third kappa shape index (κ3) is 2.49. The summed E-state index contributed by atoms with van der Waals surface area (Å²) in [7, 11) is 0. The Hall–Kier alpha value is -2.01. The van der Waals surface area contributed by atoms with Crippen LogP contribution in [0.15, 0.2) is 30.6 Å². The van der Waals surface area contributed by atoms with Gasteiger partial charge in [0, 0.05) is 17.3 Å². The van der Waals surface area contributed by atoms with E-state index in [2.05, 4.69) is 40.2 Å². The van der Waals surface area contributed by atoms with Crippen molar-refractivity contribution in [2.45, 2.75) is 26.8 Å².